The first-order valence-electron chi connectivity index (χ1n) is 18.7. The maximum absolute atomic E-state index is 13.5. The standard InChI is InChI=1S/C38H42N12O6S2/c1-3-24-20-57-35(42-24)33(53)46-37-44-26-16-22(30(39)51)18-28(56-13-7-8-48-11-14-55-15-12-48)29(26)49(37)9-5-6-10-50-32-27(17-23(19-41-32)31(40)52)45-38(50)47-34(54)36-43-25(4-2)21-58-36/h5-6,16-21H,3-4,7-15H2,1-2H3,(H2,39,51)(H2,40,52)(H,44,46,53)(H,45,47,54)/b6-5+. The molecule has 0 bridgehead atoms. The van der Waals surface area contributed by atoms with Crippen molar-refractivity contribution in [3.63, 3.8) is 0 Å². The number of pyridine rings is 1. The lowest BCUT2D eigenvalue weighted by atomic mass is 10.1. The number of anilines is 2. The number of carbonyl (C=O) groups is 4. The van der Waals surface area contributed by atoms with Gasteiger partial charge in [-0.1, -0.05) is 26.0 Å². The zero-order valence-corrected chi connectivity index (χ0v) is 33.5. The number of nitrogens with one attached hydrogen (secondary N) is 2. The summed E-state index contributed by atoms with van der Waals surface area (Å²) in [6.45, 7) is 8.54. The number of nitrogens with zero attached hydrogens (tertiary/aromatic N) is 8. The van der Waals surface area contributed by atoms with Crippen molar-refractivity contribution >= 4 is 80.4 Å². The molecule has 4 amide bonds. The van der Waals surface area contributed by atoms with E-state index >= 15 is 0 Å². The van der Waals surface area contributed by atoms with Gasteiger partial charge in [0.25, 0.3) is 11.8 Å². The third kappa shape index (κ3) is 9.04. The number of benzene rings is 1. The molecule has 1 aliphatic rings. The molecule has 0 spiro atoms. The third-order valence-corrected chi connectivity index (χ3v) is 11.1. The molecule has 20 heteroatoms. The van der Waals surface area contributed by atoms with Gasteiger partial charge in [-0.25, -0.2) is 24.9 Å². The van der Waals surface area contributed by atoms with E-state index in [-0.39, 0.29) is 46.1 Å². The second kappa shape index (κ2) is 18.0. The van der Waals surface area contributed by atoms with Gasteiger partial charge in [-0.05, 0) is 37.5 Å². The minimum absolute atomic E-state index is 0.168. The largest absolute Gasteiger partial charge is 0.491 e. The zero-order chi connectivity index (χ0) is 40.8. The molecule has 0 saturated carbocycles. The van der Waals surface area contributed by atoms with Crippen molar-refractivity contribution in [3.8, 4) is 5.75 Å². The van der Waals surface area contributed by atoms with Crippen molar-refractivity contribution < 1.29 is 28.7 Å². The summed E-state index contributed by atoms with van der Waals surface area (Å²) in [7, 11) is 0. The van der Waals surface area contributed by atoms with Crippen LogP contribution in [0.15, 0.2) is 47.3 Å². The summed E-state index contributed by atoms with van der Waals surface area (Å²) in [4.78, 5) is 76.0. The molecule has 302 valence electrons. The van der Waals surface area contributed by atoms with E-state index in [0.29, 0.717) is 60.6 Å². The van der Waals surface area contributed by atoms with E-state index in [1.165, 1.54) is 34.9 Å². The number of aryl methyl sites for hydroxylation is 2. The van der Waals surface area contributed by atoms with E-state index < -0.39 is 23.6 Å². The predicted molar refractivity (Wildman–Crippen MR) is 220 cm³/mol. The molecule has 1 fully saturated rings. The number of ether oxygens (including phenoxy) is 2. The van der Waals surface area contributed by atoms with Crippen molar-refractivity contribution in [2.45, 2.75) is 46.2 Å². The fourth-order valence-corrected chi connectivity index (χ4v) is 7.87. The number of imidazole rings is 2. The molecule has 0 unspecified atom stereocenters. The van der Waals surface area contributed by atoms with Gasteiger partial charge in [0.2, 0.25) is 23.7 Å². The molecule has 0 aliphatic carbocycles. The van der Waals surface area contributed by atoms with Crippen molar-refractivity contribution in [1.82, 2.24) is 39.0 Å². The zero-order valence-electron chi connectivity index (χ0n) is 31.9. The first-order chi connectivity index (χ1) is 28.1. The van der Waals surface area contributed by atoms with Gasteiger partial charge in [0.1, 0.15) is 16.8 Å². The van der Waals surface area contributed by atoms with Crippen LogP contribution in [0.3, 0.4) is 0 Å². The van der Waals surface area contributed by atoms with Gasteiger partial charge in [0.05, 0.1) is 42.3 Å². The lowest BCUT2D eigenvalue weighted by Crippen LogP contribution is -2.37. The number of hydrogen-bond acceptors (Lipinski definition) is 14. The van der Waals surface area contributed by atoms with Gasteiger partial charge in [-0.2, -0.15) is 0 Å². The van der Waals surface area contributed by atoms with E-state index in [4.69, 9.17) is 25.9 Å². The molecule has 7 rings (SSSR count). The van der Waals surface area contributed by atoms with Crippen LogP contribution in [0, 0.1) is 0 Å². The van der Waals surface area contributed by atoms with Crippen molar-refractivity contribution in [3.05, 3.63) is 79.8 Å². The number of morpholine rings is 1. The minimum atomic E-state index is -0.663. The molecule has 6 aromatic rings. The van der Waals surface area contributed by atoms with Crippen molar-refractivity contribution in [2.75, 3.05) is 50.1 Å². The van der Waals surface area contributed by atoms with Gasteiger partial charge < -0.3 is 25.5 Å². The summed E-state index contributed by atoms with van der Waals surface area (Å²) >= 11 is 2.46. The molecule has 0 atom stereocenters. The number of rotatable bonds is 17. The van der Waals surface area contributed by atoms with E-state index in [0.717, 1.165) is 37.4 Å². The molecule has 6 heterocycles. The van der Waals surface area contributed by atoms with E-state index in [1.807, 2.05) is 36.8 Å². The Morgan fingerprint density at radius 1 is 0.810 bits per heavy atom. The van der Waals surface area contributed by atoms with Crippen LogP contribution in [0.1, 0.15) is 72.0 Å². The Bertz CT molecular complexity index is 2510. The van der Waals surface area contributed by atoms with Gasteiger partial charge >= 0.3 is 0 Å². The average Bonchev–Trinajstić information content (AvgIpc) is 4.04. The number of aromatic nitrogens is 7. The number of thiazole rings is 2. The summed E-state index contributed by atoms with van der Waals surface area (Å²) in [5, 5.41) is 9.97. The molecule has 6 N–H and O–H groups in total. The van der Waals surface area contributed by atoms with Crippen LogP contribution in [-0.4, -0.2) is 102 Å². The highest BCUT2D eigenvalue weighted by Gasteiger charge is 2.22. The number of amides is 4. The summed E-state index contributed by atoms with van der Waals surface area (Å²) in [5.74, 6) is -1.42. The van der Waals surface area contributed by atoms with Crippen LogP contribution in [-0.2, 0) is 30.7 Å². The summed E-state index contributed by atoms with van der Waals surface area (Å²) < 4.78 is 15.3. The maximum atomic E-state index is 13.5. The average molecular weight is 827 g/mol. The number of allylic oxidation sites excluding steroid dienone is 2. The fraction of sp³-hybridized carbons (Fsp3) is 0.342. The summed E-state index contributed by atoms with van der Waals surface area (Å²) in [6.07, 6.45) is 7.13. The highest BCUT2D eigenvalue weighted by molar-refractivity contribution is 7.12. The van der Waals surface area contributed by atoms with E-state index in [1.54, 1.807) is 21.3 Å². The molecule has 58 heavy (non-hydrogen) atoms. The minimum Gasteiger partial charge on any atom is -0.491 e. The normalized spacial score (nSPS) is 13.4. The molecule has 5 aromatic heterocycles. The Balaban J connectivity index is 1.20. The Morgan fingerprint density at radius 2 is 1.40 bits per heavy atom. The topological polar surface area (TPSA) is 240 Å². The van der Waals surface area contributed by atoms with Crippen LogP contribution >= 0.6 is 22.7 Å². The molecule has 1 aliphatic heterocycles. The van der Waals surface area contributed by atoms with Crippen molar-refractivity contribution in [1.29, 1.82) is 0 Å². The van der Waals surface area contributed by atoms with Crippen LogP contribution in [0.25, 0.3) is 22.2 Å². The van der Waals surface area contributed by atoms with Crippen LogP contribution in [0.2, 0.25) is 0 Å². The van der Waals surface area contributed by atoms with Gasteiger partial charge in [-0.3, -0.25) is 39.3 Å². The van der Waals surface area contributed by atoms with Crippen LogP contribution < -0.4 is 26.8 Å². The lowest BCUT2D eigenvalue weighted by Gasteiger charge is -2.26. The summed E-state index contributed by atoms with van der Waals surface area (Å²) in [5.41, 5.74) is 14.9. The Kier molecular flexibility index (Phi) is 12.5. The van der Waals surface area contributed by atoms with E-state index in [9.17, 15) is 19.2 Å². The number of primary amides is 2. The van der Waals surface area contributed by atoms with Crippen LogP contribution in [0.4, 0.5) is 11.9 Å². The van der Waals surface area contributed by atoms with Crippen molar-refractivity contribution in [2.24, 2.45) is 11.5 Å². The Morgan fingerprint density at radius 3 is 2.00 bits per heavy atom. The summed E-state index contributed by atoms with van der Waals surface area (Å²) in [6, 6.07) is 4.67. The molecular formula is C38H42N12O6S2. The highest BCUT2D eigenvalue weighted by Crippen LogP contribution is 2.32. The number of nitrogens with two attached hydrogens (primary N) is 2. The first kappa shape index (κ1) is 40.1. The smallest absolute Gasteiger partial charge is 0.286 e. The highest BCUT2D eigenvalue weighted by atomic mass is 32.1. The monoisotopic (exact) mass is 826 g/mol. The molecule has 18 nitrogen and oxygen atoms in total. The Hall–Kier alpha value is -6.09. The maximum Gasteiger partial charge on any atom is 0.286 e. The molecule has 0 radical (unpaired) electrons. The van der Waals surface area contributed by atoms with Crippen LogP contribution in [0.5, 0.6) is 5.75 Å². The second-order valence-corrected chi connectivity index (χ2v) is 15.0. The SMILES string of the molecule is CCc1csc(C(=O)Nc2nc3cc(C(N)=O)cnc3n2C/C=C/Cn2c(NC(=O)c3nc(CC)cs3)nc3cc(C(N)=O)cc(OCCCN4CCOCC4)c32)n1. The van der Waals surface area contributed by atoms with Gasteiger partial charge in [0, 0.05) is 55.2 Å². The molecule has 1 aromatic carbocycles. The predicted octanol–water partition coefficient (Wildman–Crippen LogP) is 3.88. The quantitative estimate of drug-likeness (QED) is 0.0757. The molecule has 1 saturated heterocycles. The third-order valence-electron chi connectivity index (χ3n) is 9.35. The second-order valence-electron chi connectivity index (χ2n) is 13.3. The molecular weight excluding hydrogens is 785 g/mol. The number of carbonyl (C=O) groups excluding carboxylic acids is 4. The lowest BCUT2D eigenvalue weighted by molar-refractivity contribution is 0.0358. The fourth-order valence-electron chi connectivity index (χ4n) is 6.28. The number of hydrogen-bond donors (Lipinski definition) is 4. The number of fused-ring (bicyclic) bond motifs is 2. The van der Waals surface area contributed by atoms with Gasteiger partial charge in [0.15, 0.2) is 15.7 Å². The first-order valence-corrected chi connectivity index (χ1v) is 20.5. The Labute approximate surface area is 340 Å². The van der Waals surface area contributed by atoms with E-state index in [2.05, 4.69) is 35.5 Å². The van der Waals surface area contributed by atoms with Gasteiger partial charge in [-0.15, -0.1) is 22.7 Å².